The Bertz CT molecular complexity index is 557. The van der Waals surface area contributed by atoms with E-state index in [1.807, 2.05) is 30.3 Å². The third-order valence-corrected chi connectivity index (χ3v) is 3.51. The average molecular weight is 305 g/mol. The van der Waals surface area contributed by atoms with Crippen LogP contribution in [0.25, 0.3) is 0 Å². The molecule has 3 nitrogen and oxygen atoms in total. The lowest BCUT2D eigenvalue weighted by atomic mass is 10.1. The lowest BCUT2D eigenvalue weighted by molar-refractivity contribution is 0.287. The molecule has 21 heavy (non-hydrogen) atoms. The number of ether oxygens (including phenoxy) is 1. The molecule has 0 saturated carbocycles. The van der Waals surface area contributed by atoms with Crippen molar-refractivity contribution in [3.8, 4) is 5.88 Å². The summed E-state index contributed by atoms with van der Waals surface area (Å²) in [6, 6.07) is 11.9. The van der Waals surface area contributed by atoms with Crippen molar-refractivity contribution in [2.75, 3.05) is 6.54 Å². The normalized spacial score (nSPS) is 12.1. The summed E-state index contributed by atoms with van der Waals surface area (Å²) in [5, 5.41) is 4.19. The molecule has 1 aromatic carbocycles. The van der Waals surface area contributed by atoms with Crippen LogP contribution in [0.3, 0.4) is 0 Å². The summed E-state index contributed by atoms with van der Waals surface area (Å²) in [5.74, 6) is 0.684. The van der Waals surface area contributed by atoms with Gasteiger partial charge in [0.05, 0.1) is 0 Å². The van der Waals surface area contributed by atoms with Crippen molar-refractivity contribution >= 4 is 11.6 Å². The molecule has 1 unspecified atom stereocenters. The smallest absolute Gasteiger partial charge is 0.218 e. The number of nitrogens with zero attached hydrogens (tertiary/aromatic N) is 1. The number of rotatable bonds is 7. The molecule has 0 aliphatic heterocycles. The summed E-state index contributed by atoms with van der Waals surface area (Å²) in [6.07, 6.45) is 2.86. The van der Waals surface area contributed by atoms with E-state index in [2.05, 4.69) is 30.2 Å². The zero-order valence-electron chi connectivity index (χ0n) is 12.5. The molecule has 2 aromatic rings. The minimum atomic E-state index is 0.221. The fraction of sp³-hybridized carbons (Fsp3) is 0.353. The van der Waals surface area contributed by atoms with Gasteiger partial charge in [-0.25, -0.2) is 4.98 Å². The molecule has 1 heterocycles. The molecule has 1 aromatic heterocycles. The van der Waals surface area contributed by atoms with E-state index < -0.39 is 0 Å². The van der Waals surface area contributed by atoms with E-state index in [4.69, 9.17) is 16.3 Å². The van der Waals surface area contributed by atoms with Crippen LogP contribution >= 0.6 is 11.6 Å². The highest BCUT2D eigenvalue weighted by molar-refractivity contribution is 6.30. The van der Waals surface area contributed by atoms with Crippen molar-refractivity contribution in [1.82, 2.24) is 10.3 Å². The zero-order chi connectivity index (χ0) is 15.1. The van der Waals surface area contributed by atoms with E-state index in [9.17, 15) is 0 Å². The largest absolute Gasteiger partial charge is 0.473 e. The number of benzene rings is 1. The van der Waals surface area contributed by atoms with Crippen LogP contribution in [0.1, 0.15) is 37.4 Å². The Balaban J connectivity index is 2.04. The topological polar surface area (TPSA) is 34.2 Å². The maximum atomic E-state index is 5.88. The van der Waals surface area contributed by atoms with E-state index >= 15 is 0 Å². The number of pyridine rings is 1. The first-order chi connectivity index (χ1) is 10.2. The summed E-state index contributed by atoms with van der Waals surface area (Å²) < 4.78 is 5.87. The lowest BCUT2D eigenvalue weighted by Gasteiger charge is -2.17. The molecule has 0 amide bonds. The Kier molecular flexibility index (Phi) is 6.03. The SMILES string of the molecule is CCCNC(C)c1cccnc1OCc1ccc(Cl)cc1. The van der Waals surface area contributed by atoms with E-state index in [-0.39, 0.29) is 6.04 Å². The second-order valence-corrected chi connectivity index (χ2v) is 5.43. The molecule has 0 spiro atoms. The summed E-state index contributed by atoms with van der Waals surface area (Å²) >= 11 is 5.88. The molecule has 112 valence electrons. The molecular formula is C17H21ClN2O. The van der Waals surface area contributed by atoms with Gasteiger partial charge in [-0.2, -0.15) is 0 Å². The summed E-state index contributed by atoms with van der Waals surface area (Å²) in [4.78, 5) is 4.35. The molecule has 1 N–H and O–H groups in total. The highest BCUT2D eigenvalue weighted by Crippen LogP contribution is 2.23. The Morgan fingerprint density at radius 1 is 1.24 bits per heavy atom. The number of nitrogens with one attached hydrogen (secondary N) is 1. The Morgan fingerprint density at radius 2 is 2.00 bits per heavy atom. The Hall–Kier alpha value is -1.58. The first-order valence-corrected chi connectivity index (χ1v) is 7.64. The van der Waals surface area contributed by atoms with Gasteiger partial charge < -0.3 is 10.1 Å². The lowest BCUT2D eigenvalue weighted by Crippen LogP contribution is -2.20. The predicted molar refractivity (Wildman–Crippen MR) is 86.7 cm³/mol. The summed E-state index contributed by atoms with van der Waals surface area (Å²) in [6.45, 7) is 5.75. The van der Waals surface area contributed by atoms with Gasteiger partial charge in [-0.3, -0.25) is 0 Å². The van der Waals surface area contributed by atoms with Crippen molar-refractivity contribution in [1.29, 1.82) is 0 Å². The second-order valence-electron chi connectivity index (χ2n) is 4.99. The first kappa shape index (κ1) is 15.8. The number of aromatic nitrogens is 1. The summed E-state index contributed by atoms with van der Waals surface area (Å²) in [7, 11) is 0. The van der Waals surface area contributed by atoms with Crippen molar-refractivity contribution in [2.24, 2.45) is 0 Å². The Morgan fingerprint density at radius 3 is 2.71 bits per heavy atom. The molecule has 0 bridgehead atoms. The maximum Gasteiger partial charge on any atom is 0.218 e. The van der Waals surface area contributed by atoms with Crippen molar-refractivity contribution < 1.29 is 4.74 Å². The van der Waals surface area contributed by atoms with Gasteiger partial charge in [0, 0.05) is 22.8 Å². The van der Waals surface area contributed by atoms with Crippen LogP contribution in [0.4, 0.5) is 0 Å². The van der Waals surface area contributed by atoms with Gasteiger partial charge in [-0.05, 0) is 43.7 Å². The average Bonchev–Trinajstić information content (AvgIpc) is 2.52. The minimum absolute atomic E-state index is 0.221. The van der Waals surface area contributed by atoms with Crippen LogP contribution in [0.2, 0.25) is 5.02 Å². The van der Waals surface area contributed by atoms with E-state index in [0.29, 0.717) is 12.5 Å². The van der Waals surface area contributed by atoms with Gasteiger partial charge >= 0.3 is 0 Å². The predicted octanol–water partition coefficient (Wildman–Crippen LogP) is 4.37. The minimum Gasteiger partial charge on any atom is -0.473 e. The molecule has 0 fully saturated rings. The van der Waals surface area contributed by atoms with Crippen molar-refractivity contribution in [3.05, 3.63) is 58.7 Å². The van der Waals surface area contributed by atoms with Gasteiger partial charge in [0.2, 0.25) is 5.88 Å². The van der Waals surface area contributed by atoms with Crippen LogP contribution in [0.5, 0.6) is 5.88 Å². The first-order valence-electron chi connectivity index (χ1n) is 7.26. The molecule has 0 aliphatic carbocycles. The van der Waals surface area contributed by atoms with Crippen LogP contribution < -0.4 is 10.1 Å². The molecule has 0 aliphatic rings. The van der Waals surface area contributed by atoms with Gasteiger partial charge in [0.1, 0.15) is 6.61 Å². The van der Waals surface area contributed by atoms with Crippen LogP contribution in [0.15, 0.2) is 42.6 Å². The fourth-order valence-electron chi connectivity index (χ4n) is 2.06. The number of hydrogen-bond acceptors (Lipinski definition) is 3. The summed E-state index contributed by atoms with van der Waals surface area (Å²) in [5.41, 5.74) is 2.16. The molecule has 4 heteroatoms. The second kappa shape index (κ2) is 8.01. The quantitative estimate of drug-likeness (QED) is 0.824. The standard InChI is InChI=1S/C17H21ClN2O/c1-3-10-19-13(2)16-5-4-11-20-17(16)21-12-14-6-8-15(18)9-7-14/h4-9,11,13,19H,3,10,12H2,1-2H3. The molecular weight excluding hydrogens is 284 g/mol. The fourth-order valence-corrected chi connectivity index (χ4v) is 2.18. The molecule has 0 saturated heterocycles. The van der Waals surface area contributed by atoms with E-state index in [1.54, 1.807) is 6.20 Å². The van der Waals surface area contributed by atoms with Crippen LogP contribution in [-0.4, -0.2) is 11.5 Å². The number of hydrogen-bond donors (Lipinski definition) is 1. The van der Waals surface area contributed by atoms with Gasteiger partial charge in [-0.15, -0.1) is 0 Å². The van der Waals surface area contributed by atoms with Crippen LogP contribution in [-0.2, 0) is 6.61 Å². The van der Waals surface area contributed by atoms with Gasteiger partial charge in [0.25, 0.3) is 0 Å². The monoisotopic (exact) mass is 304 g/mol. The van der Waals surface area contributed by atoms with E-state index in [1.165, 1.54) is 0 Å². The Labute approximate surface area is 131 Å². The molecule has 2 rings (SSSR count). The highest BCUT2D eigenvalue weighted by Gasteiger charge is 2.11. The van der Waals surface area contributed by atoms with Crippen LogP contribution in [0, 0.1) is 0 Å². The zero-order valence-corrected chi connectivity index (χ0v) is 13.2. The van der Waals surface area contributed by atoms with Crippen molar-refractivity contribution in [2.45, 2.75) is 32.9 Å². The maximum absolute atomic E-state index is 5.88. The highest BCUT2D eigenvalue weighted by atomic mass is 35.5. The molecule has 0 radical (unpaired) electrons. The third kappa shape index (κ3) is 4.73. The van der Waals surface area contributed by atoms with E-state index in [0.717, 1.165) is 29.1 Å². The number of halogens is 1. The third-order valence-electron chi connectivity index (χ3n) is 3.26. The van der Waals surface area contributed by atoms with Gasteiger partial charge in [-0.1, -0.05) is 36.7 Å². The molecule has 1 atom stereocenters. The van der Waals surface area contributed by atoms with Gasteiger partial charge in [0.15, 0.2) is 0 Å². The van der Waals surface area contributed by atoms with Crippen molar-refractivity contribution in [3.63, 3.8) is 0 Å².